The van der Waals surface area contributed by atoms with Crippen LogP contribution >= 0.6 is 0 Å². The van der Waals surface area contributed by atoms with E-state index in [1.165, 1.54) is 0 Å². The van der Waals surface area contributed by atoms with Crippen LogP contribution in [0.25, 0.3) is 81.3 Å². The molecule has 0 aliphatic rings. The standard InChI is InChI=1S/C52H28N6O2/c1-54-34-12-16-36(17-13-34)58(38-19-21-44-42-7-3-5-9-48(42)60-50(44)27-38)40-23-33-30-55-45-24-39(22-32-29-56-46(25-40)52(33)51(32)45)57(35-14-10-31(28-53)11-15-35)37-18-20-43-41-6-2-4-8-47(41)59-49(43)26-37/h2-27,29-30H. The number of furan rings is 2. The molecule has 0 unspecified atom stereocenters. The van der Waals surface area contributed by atoms with Crippen molar-refractivity contribution in [2.45, 2.75) is 0 Å². The van der Waals surface area contributed by atoms with Crippen LogP contribution in [0.5, 0.6) is 0 Å². The summed E-state index contributed by atoms with van der Waals surface area (Å²) < 4.78 is 12.7. The van der Waals surface area contributed by atoms with Crippen LogP contribution in [0.4, 0.5) is 39.8 Å². The summed E-state index contributed by atoms with van der Waals surface area (Å²) in [5, 5.41) is 17.8. The highest BCUT2D eigenvalue weighted by Gasteiger charge is 2.22. The van der Waals surface area contributed by atoms with Crippen molar-refractivity contribution in [1.82, 2.24) is 9.97 Å². The second-order valence-corrected chi connectivity index (χ2v) is 14.9. The molecule has 8 aromatic carbocycles. The van der Waals surface area contributed by atoms with Gasteiger partial charge in [-0.3, -0.25) is 9.97 Å². The summed E-state index contributed by atoms with van der Waals surface area (Å²) in [6, 6.07) is 54.7. The minimum absolute atomic E-state index is 0.569. The van der Waals surface area contributed by atoms with Gasteiger partial charge in [0.15, 0.2) is 5.69 Å². The molecule has 12 rings (SSSR count). The molecule has 4 aromatic heterocycles. The first-order valence-corrected chi connectivity index (χ1v) is 19.5. The zero-order valence-electron chi connectivity index (χ0n) is 31.7. The van der Waals surface area contributed by atoms with Crippen molar-refractivity contribution in [3.8, 4) is 6.07 Å². The molecule has 12 aromatic rings. The smallest absolute Gasteiger partial charge is 0.187 e. The van der Waals surface area contributed by atoms with Crippen LogP contribution in [0.1, 0.15) is 5.56 Å². The summed E-state index contributed by atoms with van der Waals surface area (Å²) in [5.74, 6) is 0. The van der Waals surface area contributed by atoms with Crippen LogP contribution in [-0.2, 0) is 0 Å². The molecule has 60 heavy (non-hydrogen) atoms. The quantitative estimate of drug-likeness (QED) is 0.123. The van der Waals surface area contributed by atoms with E-state index in [4.69, 9.17) is 25.4 Å². The van der Waals surface area contributed by atoms with Crippen LogP contribution in [0.2, 0.25) is 0 Å². The third-order valence-electron chi connectivity index (χ3n) is 11.5. The molecule has 278 valence electrons. The van der Waals surface area contributed by atoms with E-state index in [0.717, 1.165) is 111 Å². The molecule has 0 bridgehead atoms. The number of nitrogens with zero attached hydrogens (tertiary/aromatic N) is 6. The van der Waals surface area contributed by atoms with Crippen LogP contribution in [-0.4, -0.2) is 9.97 Å². The van der Waals surface area contributed by atoms with Crippen molar-refractivity contribution >= 4 is 116 Å². The van der Waals surface area contributed by atoms with Crippen LogP contribution in [0.15, 0.2) is 179 Å². The minimum Gasteiger partial charge on any atom is -0.456 e. The van der Waals surface area contributed by atoms with E-state index in [0.29, 0.717) is 11.3 Å². The minimum atomic E-state index is 0.569. The SMILES string of the molecule is [C-]#[N+]c1ccc(N(c2cc3cnc4cc(N(c5ccc(C#N)cc5)c5ccc6c(c5)oc5ccccc56)cc5cnc(c2)c3c54)c2ccc3c(c2)oc2ccccc23)cc1. The molecule has 0 amide bonds. The Labute approximate surface area is 342 Å². The molecule has 8 heteroatoms. The summed E-state index contributed by atoms with van der Waals surface area (Å²) in [6.45, 7) is 7.55. The lowest BCUT2D eigenvalue weighted by Gasteiger charge is -2.27. The number of rotatable bonds is 6. The van der Waals surface area contributed by atoms with E-state index in [9.17, 15) is 5.26 Å². The Kier molecular flexibility index (Phi) is 7.19. The third-order valence-corrected chi connectivity index (χ3v) is 11.5. The molecule has 0 aliphatic carbocycles. The fourth-order valence-corrected chi connectivity index (χ4v) is 8.72. The summed E-state index contributed by atoms with van der Waals surface area (Å²) in [7, 11) is 0. The summed E-state index contributed by atoms with van der Waals surface area (Å²) in [6.07, 6.45) is 3.85. The lowest BCUT2D eigenvalue weighted by molar-refractivity contribution is 0.668. The predicted octanol–water partition coefficient (Wildman–Crippen LogP) is 14.5. The molecular weight excluding hydrogens is 741 g/mol. The van der Waals surface area contributed by atoms with E-state index < -0.39 is 0 Å². The second-order valence-electron chi connectivity index (χ2n) is 14.9. The molecule has 8 nitrogen and oxygen atoms in total. The molecular formula is C52H28N6O2. The fraction of sp³-hybridized carbons (Fsp3) is 0. The van der Waals surface area contributed by atoms with Gasteiger partial charge in [-0.15, -0.1) is 0 Å². The van der Waals surface area contributed by atoms with Gasteiger partial charge in [0.05, 0.1) is 29.2 Å². The first-order chi connectivity index (χ1) is 29.6. The van der Waals surface area contributed by atoms with Gasteiger partial charge in [0.2, 0.25) is 0 Å². The highest BCUT2D eigenvalue weighted by atomic mass is 16.3. The van der Waals surface area contributed by atoms with Crippen molar-refractivity contribution in [2.75, 3.05) is 9.80 Å². The number of aromatic nitrogens is 2. The Morgan fingerprint density at radius 1 is 0.467 bits per heavy atom. The fourth-order valence-electron chi connectivity index (χ4n) is 8.72. The van der Waals surface area contributed by atoms with Gasteiger partial charge in [-0.05, 0) is 97.1 Å². The van der Waals surface area contributed by atoms with Crippen molar-refractivity contribution in [1.29, 1.82) is 5.26 Å². The van der Waals surface area contributed by atoms with Gasteiger partial charge >= 0.3 is 0 Å². The van der Waals surface area contributed by atoms with Gasteiger partial charge < -0.3 is 18.6 Å². The number of hydrogen-bond acceptors (Lipinski definition) is 7. The van der Waals surface area contributed by atoms with Gasteiger partial charge in [-0.1, -0.05) is 48.5 Å². The number of para-hydroxylation sites is 2. The first-order valence-electron chi connectivity index (χ1n) is 19.5. The van der Waals surface area contributed by atoms with E-state index in [1.807, 2.05) is 97.3 Å². The van der Waals surface area contributed by atoms with Crippen LogP contribution in [0.3, 0.4) is 0 Å². The predicted molar refractivity (Wildman–Crippen MR) is 241 cm³/mol. The molecule has 0 aliphatic heterocycles. The molecule has 0 spiro atoms. The normalized spacial score (nSPS) is 11.6. The molecule has 4 heterocycles. The molecule has 0 radical (unpaired) electrons. The zero-order chi connectivity index (χ0) is 39.9. The van der Waals surface area contributed by atoms with E-state index >= 15 is 0 Å². The maximum atomic E-state index is 9.60. The Bertz CT molecular complexity index is 3450. The molecule has 0 fully saturated rings. The number of pyridine rings is 2. The Morgan fingerprint density at radius 3 is 1.40 bits per heavy atom. The van der Waals surface area contributed by atoms with Crippen molar-refractivity contribution in [3.05, 3.63) is 187 Å². The van der Waals surface area contributed by atoms with Gasteiger partial charge in [0.25, 0.3) is 0 Å². The van der Waals surface area contributed by atoms with Gasteiger partial charge in [0.1, 0.15) is 22.3 Å². The first kappa shape index (κ1) is 33.4. The lowest BCUT2D eigenvalue weighted by atomic mass is 9.99. The number of fused-ring (bicyclic) bond motifs is 6. The molecule has 0 atom stereocenters. The Morgan fingerprint density at radius 2 is 0.917 bits per heavy atom. The Hall–Kier alpha value is -8.72. The van der Waals surface area contributed by atoms with Crippen molar-refractivity contribution in [2.24, 2.45) is 0 Å². The number of anilines is 6. The van der Waals surface area contributed by atoms with Gasteiger partial charge in [0, 0.05) is 102 Å². The van der Waals surface area contributed by atoms with Crippen molar-refractivity contribution in [3.63, 3.8) is 0 Å². The number of nitriles is 1. The molecule has 0 saturated heterocycles. The molecule has 0 saturated carbocycles. The average Bonchev–Trinajstić information content (AvgIpc) is 3.86. The van der Waals surface area contributed by atoms with E-state index in [2.05, 4.69) is 93.5 Å². The maximum absolute atomic E-state index is 9.60. The van der Waals surface area contributed by atoms with E-state index in [1.54, 1.807) is 0 Å². The highest BCUT2D eigenvalue weighted by molar-refractivity contribution is 6.22. The third kappa shape index (κ3) is 5.15. The van der Waals surface area contributed by atoms with Gasteiger partial charge in [-0.2, -0.15) is 5.26 Å². The maximum Gasteiger partial charge on any atom is 0.187 e. The average molecular weight is 769 g/mol. The largest absolute Gasteiger partial charge is 0.456 e. The summed E-state index contributed by atoms with van der Waals surface area (Å²) in [4.78, 5) is 18.2. The summed E-state index contributed by atoms with van der Waals surface area (Å²) >= 11 is 0. The van der Waals surface area contributed by atoms with E-state index in [-0.39, 0.29) is 0 Å². The molecule has 0 N–H and O–H groups in total. The zero-order valence-corrected chi connectivity index (χ0v) is 31.7. The number of hydrogen-bond donors (Lipinski definition) is 0. The van der Waals surface area contributed by atoms with Crippen LogP contribution < -0.4 is 9.80 Å². The van der Waals surface area contributed by atoms with Crippen molar-refractivity contribution < 1.29 is 8.83 Å². The second kappa shape index (κ2) is 12.9. The summed E-state index contributed by atoms with van der Waals surface area (Å²) in [5.41, 5.74) is 11.5. The lowest BCUT2D eigenvalue weighted by Crippen LogP contribution is -2.11. The monoisotopic (exact) mass is 768 g/mol. The highest BCUT2D eigenvalue weighted by Crippen LogP contribution is 2.45. The van der Waals surface area contributed by atoms with Crippen LogP contribution in [0, 0.1) is 17.9 Å². The Balaban J connectivity index is 1.01. The number of benzene rings is 8. The topological polar surface area (TPSA) is 86.7 Å². The van der Waals surface area contributed by atoms with Gasteiger partial charge in [-0.25, -0.2) is 4.85 Å².